The van der Waals surface area contributed by atoms with E-state index in [1.54, 1.807) is 5.57 Å². The Morgan fingerprint density at radius 1 is 1.39 bits per heavy atom. The summed E-state index contributed by atoms with van der Waals surface area (Å²) < 4.78 is 5.91. The molecular formula is C15H28N2O. The Balaban J connectivity index is 1.75. The SMILES string of the molecule is CC1CN(CCC2=CCCCC2)CC(CCN)O1. The van der Waals surface area contributed by atoms with Gasteiger partial charge in [-0.1, -0.05) is 11.6 Å². The molecule has 18 heavy (non-hydrogen) atoms. The molecule has 1 fully saturated rings. The van der Waals surface area contributed by atoms with Crippen LogP contribution in [-0.2, 0) is 4.74 Å². The lowest BCUT2D eigenvalue weighted by molar-refractivity contribution is -0.0781. The first kappa shape index (κ1) is 14.0. The first-order valence-electron chi connectivity index (χ1n) is 7.53. The summed E-state index contributed by atoms with van der Waals surface area (Å²) >= 11 is 0. The summed E-state index contributed by atoms with van der Waals surface area (Å²) in [4.78, 5) is 2.56. The van der Waals surface area contributed by atoms with E-state index in [4.69, 9.17) is 10.5 Å². The Morgan fingerprint density at radius 3 is 3.00 bits per heavy atom. The normalized spacial score (nSPS) is 30.2. The highest BCUT2D eigenvalue weighted by molar-refractivity contribution is 5.05. The third kappa shape index (κ3) is 4.38. The van der Waals surface area contributed by atoms with Gasteiger partial charge in [-0.3, -0.25) is 4.90 Å². The molecule has 0 aromatic rings. The summed E-state index contributed by atoms with van der Waals surface area (Å²) in [7, 11) is 0. The van der Waals surface area contributed by atoms with Crippen LogP contribution in [0.15, 0.2) is 11.6 Å². The highest BCUT2D eigenvalue weighted by Crippen LogP contribution is 2.21. The summed E-state index contributed by atoms with van der Waals surface area (Å²) in [5.41, 5.74) is 7.31. The molecular weight excluding hydrogens is 224 g/mol. The standard InChI is InChI=1S/C15H28N2O/c1-13-11-17(12-15(18-13)7-9-16)10-8-14-5-3-2-4-6-14/h5,13,15H,2-4,6-12,16H2,1H3. The molecule has 1 aliphatic heterocycles. The molecule has 3 nitrogen and oxygen atoms in total. The van der Waals surface area contributed by atoms with Gasteiger partial charge in [-0.2, -0.15) is 0 Å². The van der Waals surface area contributed by atoms with Crippen LogP contribution in [0.3, 0.4) is 0 Å². The second kappa shape index (κ2) is 7.27. The van der Waals surface area contributed by atoms with Gasteiger partial charge < -0.3 is 10.5 Å². The fourth-order valence-electron chi connectivity index (χ4n) is 3.10. The fourth-order valence-corrected chi connectivity index (χ4v) is 3.10. The molecule has 104 valence electrons. The molecule has 1 saturated heterocycles. The zero-order valence-electron chi connectivity index (χ0n) is 11.7. The van der Waals surface area contributed by atoms with Crippen molar-refractivity contribution in [3.8, 4) is 0 Å². The smallest absolute Gasteiger partial charge is 0.0718 e. The van der Waals surface area contributed by atoms with Gasteiger partial charge in [0.2, 0.25) is 0 Å². The number of hydrogen-bond acceptors (Lipinski definition) is 3. The highest BCUT2D eigenvalue weighted by atomic mass is 16.5. The monoisotopic (exact) mass is 252 g/mol. The minimum absolute atomic E-state index is 0.346. The quantitative estimate of drug-likeness (QED) is 0.763. The van der Waals surface area contributed by atoms with Crippen molar-refractivity contribution < 1.29 is 4.74 Å². The highest BCUT2D eigenvalue weighted by Gasteiger charge is 2.24. The minimum atomic E-state index is 0.346. The molecule has 0 aromatic heterocycles. The summed E-state index contributed by atoms with van der Waals surface area (Å²) in [6.45, 7) is 6.25. The van der Waals surface area contributed by atoms with E-state index in [0.29, 0.717) is 12.2 Å². The molecule has 0 radical (unpaired) electrons. The Kier molecular flexibility index (Phi) is 5.67. The van der Waals surface area contributed by atoms with Crippen LogP contribution in [0.25, 0.3) is 0 Å². The number of morpholine rings is 1. The lowest BCUT2D eigenvalue weighted by atomic mass is 9.97. The van der Waals surface area contributed by atoms with Crippen LogP contribution < -0.4 is 5.73 Å². The van der Waals surface area contributed by atoms with E-state index in [2.05, 4.69) is 17.9 Å². The lowest BCUT2D eigenvalue weighted by Gasteiger charge is -2.37. The molecule has 0 saturated carbocycles. The molecule has 1 aliphatic carbocycles. The van der Waals surface area contributed by atoms with E-state index in [1.807, 2.05) is 0 Å². The number of rotatable bonds is 5. The topological polar surface area (TPSA) is 38.5 Å². The largest absolute Gasteiger partial charge is 0.373 e. The van der Waals surface area contributed by atoms with E-state index in [1.165, 1.54) is 38.6 Å². The summed E-state index contributed by atoms with van der Waals surface area (Å²) in [6.07, 6.45) is 10.8. The third-order valence-corrected chi connectivity index (χ3v) is 4.02. The molecule has 0 spiro atoms. The van der Waals surface area contributed by atoms with Gasteiger partial charge in [-0.25, -0.2) is 0 Å². The second-order valence-electron chi connectivity index (χ2n) is 5.76. The Labute approximate surface area is 111 Å². The van der Waals surface area contributed by atoms with E-state index < -0.39 is 0 Å². The number of ether oxygens (including phenoxy) is 1. The van der Waals surface area contributed by atoms with Crippen LogP contribution in [0.1, 0.15) is 45.4 Å². The lowest BCUT2D eigenvalue weighted by Crippen LogP contribution is -2.47. The van der Waals surface area contributed by atoms with E-state index in [-0.39, 0.29) is 0 Å². The molecule has 2 rings (SSSR count). The predicted molar refractivity (Wildman–Crippen MR) is 75.6 cm³/mol. The maximum absolute atomic E-state index is 5.91. The van der Waals surface area contributed by atoms with Crippen molar-refractivity contribution in [1.82, 2.24) is 4.90 Å². The number of hydrogen-bond donors (Lipinski definition) is 1. The van der Waals surface area contributed by atoms with Crippen LogP contribution in [-0.4, -0.2) is 43.3 Å². The van der Waals surface area contributed by atoms with Crippen molar-refractivity contribution in [3.05, 3.63) is 11.6 Å². The van der Waals surface area contributed by atoms with Gasteiger partial charge >= 0.3 is 0 Å². The zero-order valence-corrected chi connectivity index (χ0v) is 11.7. The van der Waals surface area contributed by atoms with Crippen molar-refractivity contribution in [3.63, 3.8) is 0 Å². The van der Waals surface area contributed by atoms with Crippen LogP contribution in [0.4, 0.5) is 0 Å². The molecule has 2 atom stereocenters. The maximum atomic E-state index is 5.91. The van der Waals surface area contributed by atoms with Gasteiger partial charge in [0.05, 0.1) is 12.2 Å². The molecule has 2 unspecified atom stereocenters. The second-order valence-corrected chi connectivity index (χ2v) is 5.76. The van der Waals surface area contributed by atoms with E-state index >= 15 is 0 Å². The Bertz CT molecular complexity index is 278. The van der Waals surface area contributed by atoms with Gasteiger partial charge in [0.1, 0.15) is 0 Å². The van der Waals surface area contributed by atoms with Crippen molar-refractivity contribution in [2.75, 3.05) is 26.2 Å². The van der Waals surface area contributed by atoms with Crippen LogP contribution >= 0.6 is 0 Å². The minimum Gasteiger partial charge on any atom is -0.373 e. The number of nitrogens with zero attached hydrogens (tertiary/aromatic N) is 1. The molecule has 2 aliphatic rings. The van der Waals surface area contributed by atoms with Crippen molar-refractivity contribution in [2.45, 2.75) is 57.7 Å². The Morgan fingerprint density at radius 2 is 2.28 bits per heavy atom. The molecule has 0 bridgehead atoms. The average Bonchev–Trinajstić information content (AvgIpc) is 2.37. The number of nitrogens with two attached hydrogens (primary N) is 1. The van der Waals surface area contributed by atoms with E-state index in [0.717, 1.165) is 26.1 Å². The van der Waals surface area contributed by atoms with Crippen molar-refractivity contribution in [2.24, 2.45) is 5.73 Å². The summed E-state index contributed by atoms with van der Waals surface area (Å²) in [6, 6.07) is 0. The van der Waals surface area contributed by atoms with Crippen LogP contribution in [0.5, 0.6) is 0 Å². The van der Waals surface area contributed by atoms with Crippen molar-refractivity contribution in [1.29, 1.82) is 0 Å². The summed E-state index contributed by atoms with van der Waals surface area (Å²) in [5.74, 6) is 0. The molecule has 0 aromatic carbocycles. The van der Waals surface area contributed by atoms with Gasteiger partial charge in [0, 0.05) is 19.6 Å². The summed E-state index contributed by atoms with van der Waals surface area (Å²) in [5, 5.41) is 0. The zero-order chi connectivity index (χ0) is 12.8. The van der Waals surface area contributed by atoms with E-state index in [9.17, 15) is 0 Å². The predicted octanol–water partition coefficient (Wildman–Crippen LogP) is 2.31. The third-order valence-electron chi connectivity index (χ3n) is 4.02. The van der Waals surface area contributed by atoms with Crippen LogP contribution in [0, 0.1) is 0 Å². The average molecular weight is 252 g/mol. The first-order chi connectivity index (χ1) is 8.78. The number of allylic oxidation sites excluding steroid dienone is 1. The fraction of sp³-hybridized carbons (Fsp3) is 0.867. The molecule has 0 amide bonds. The Hall–Kier alpha value is -0.380. The van der Waals surface area contributed by atoms with Gasteiger partial charge in [0.25, 0.3) is 0 Å². The molecule has 1 heterocycles. The van der Waals surface area contributed by atoms with Crippen molar-refractivity contribution >= 4 is 0 Å². The molecule has 3 heteroatoms. The van der Waals surface area contributed by atoms with Gasteiger partial charge in [0.15, 0.2) is 0 Å². The van der Waals surface area contributed by atoms with Gasteiger partial charge in [-0.15, -0.1) is 0 Å². The molecule has 2 N–H and O–H groups in total. The van der Waals surface area contributed by atoms with Gasteiger partial charge in [-0.05, 0) is 52.0 Å². The first-order valence-corrected chi connectivity index (χ1v) is 7.53. The van der Waals surface area contributed by atoms with Crippen LogP contribution in [0.2, 0.25) is 0 Å². The maximum Gasteiger partial charge on any atom is 0.0718 e.